The molecule has 1 fully saturated rings. The SMILES string of the molecule is Cc1cccc(C2CNCCO2)c1C. The molecule has 1 aromatic rings. The van der Waals surface area contributed by atoms with E-state index in [4.69, 9.17) is 4.74 Å². The van der Waals surface area contributed by atoms with Crippen molar-refractivity contribution in [3.8, 4) is 0 Å². The average molecular weight is 191 g/mol. The molecule has 1 saturated heterocycles. The maximum Gasteiger partial charge on any atom is 0.0952 e. The number of morpholine rings is 1. The van der Waals surface area contributed by atoms with E-state index < -0.39 is 0 Å². The molecule has 2 rings (SSSR count). The van der Waals surface area contributed by atoms with Gasteiger partial charge in [-0.05, 0) is 30.5 Å². The minimum atomic E-state index is 0.239. The molecule has 14 heavy (non-hydrogen) atoms. The van der Waals surface area contributed by atoms with Crippen molar-refractivity contribution in [2.45, 2.75) is 20.0 Å². The molecular weight excluding hydrogens is 174 g/mol. The number of benzene rings is 1. The molecule has 0 amide bonds. The van der Waals surface area contributed by atoms with Crippen LogP contribution in [0.25, 0.3) is 0 Å². The van der Waals surface area contributed by atoms with Crippen LogP contribution in [-0.2, 0) is 4.74 Å². The molecule has 0 radical (unpaired) electrons. The molecule has 2 heteroatoms. The standard InChI is InChI=1S/C12H17NO/c1-9-4-3-5-11(10(9)2)12-8-13-6-7-14-12/h3-5,12-13H,6-8H2,1-2H3. The fourth-order valence-electron chi connectivity index (χ4n) is 1.89. The Kier molecular flexibility index (Phi) is 2.85. The number of hydrogen-bond donors (Lipinski definition) is 1. The first-order valence-corrected chi connectivity index (χ1v) is 5.17. The van der Waals surface area contributed by atoms with Crippen molar-refractivity contribution in [1.82, 2.24) is 5.32 Å². The van der Waals surface area contributed by atoms with Crippen molar-refractivity contribution in [1.29, 1.82) is 0 Å². The summed E-state index contributed by atoms with van der Waals surface area (Å²) in [7, 11) is 0. The van der Waals surface area contributed by atoms with Gasteiger partial charge in [-0.15, -0.1) is 0 Å². The lowest BCUT2D eigenvalue weighted by atomic mass is 9.98. The van der Waals surface area contributed by atoms with Crippen molar-refractivity contribution < 1.29 is 4.74 Å². The third-order valence-corrected chi connectivity index (χ3v) is 2.92. The molecule has 1 N–H and O–H groups in total. The van der Waals surface area contributed by atoms with Crippen LogP contribution in [0.3, 0.4) is 0 Å². The summed E-state index contributed by atoms with van der Waals surface area (Å²) in [6, 6.07) is 6.42. The van der Waals surface area contributed by atoms with E-state index in [1.54, 1.807) is 0 Å². The van der Waals surface area contributed by atoms with E-state index in [2.05, 4.69) is 37.4 Å². The van der Waals surface area contributed by atoms with Crippen molar-refractivity contribution in [2.75, 3.05) is 19.7 Å². The zero-order valence-corrected chi connectivity index (χ0v) is 8.84. The maximum atomic E-state index is 5.74. The molecule has 0 saturated carbocycles. The van der Waals surface area contributed by atoms with Crippen LogP contribution in [0.5, 0.6) is 0 Å². The Morgan fingerprint density at radius 1 is 1.36 bits per heavy atom. The van der Waals surface area contributed by atoms with E-state index in [-0.39, 0.29) is 6.10 Å². The van der Waals surface area contributed by atoms with Crippen molar-refractivity contribution in [3.63, 3.8) is 0 Å². The molecule has 1 aliphatic heterocycles. The Hall–Kier alpha value is -0.860. The van der Waals surface area contributed by atoms with Gasteiger partial charge < -0.3 is 10.1 Å². The van der Waals surface area contributed by atoms with E-state index in [1.807, 2.05) is 0 Å². The second kappa shape index (κ2) is 4.11. The predicted octanol–water partition coefficient (Wildman–Crippen LogP) is 1.96. The van der Waals surface area contributed by atoms with Gasteiger partial charge in [-0.25, -0.2) is 0 Å². The Bertz CT molecular complexity index is 316. The summed E-state index contributed by atoms with van der Waals surface area (Å²) < 4.78 is 5.74. The van der Waals surface area contributed by atoms with Crippen LogP contribution in [0.1, 0.15) is 22.8 Å². The highest BCUT2D eigenvalue weighted by molar-refractivity contribution is 5.35. The van der Waals surface area contributed by atoms with Crippen LogP contribution in [0.15, 0.2) is 18.2 Å². The minimum Gasteiger partial charge on any atom is -0.371 e. The maximum absolute atomic E-state index is 5.74. The second-order valence-corrected chi connectivity index (χ2v) is 3.85. The zero-order chi connectivity index (χ0) is 9.97. The Morgan fingerprint density at radius 3 is 2.93 bits per heavy atom. The number of rotatable bonds is 1. The first-order valence-electron chi connectivity index (χ1n) is 5.17. The van der Waals surface area contributed by atoms with Crippen LogP contribution in [0.2, 0.25) is 0 Å². The van der Waals surface area contributed by atoms with Gasteiger partial charge in [0.15, 0.2) is 0 Å². The summed E-state index contributed by atoms with van der Waals surface area (Å²) in [4.78, 5) is 0. The van der Waals surface area contributed by atoms with Crippen molar-refractivity contribution >= 4 is 0 Å². The third-order valence-electron chi connectivity index (χ3n) is 2.92. The van der Waals surface area contributed by atoms with Gasteiger partial charge in [0, 0.05) is 13.1 Å². The van der Waals surface area contributed by atoms with Gasteiger partial charge in [-0.2, -0.15) is 0 Å². The summed E-state index contributed by atoms with van der Waals surface area (Å²) in [6.45, 7) is 7.04. The van der Waals surface area contributed by atoms with Gasteiger partial charge in [0.05, 0.1) is 12.7 Å². The van der Waals surface area contributed by atoms with E-state index in [0.29, 0.717) is 0 Å². The van der Waals surface area contributed by atoms with Crippen LogP contribution in [0, 0.1) is 13.8 Å². The summed E-state index contributed by atoms with van der Waals surface area (Å²) in [6.07, 6.45) is 0.239. The first kappa shape index (κ1) is 9.69. The number of ether oxygens (including phenoxy) is 1. The Labute approximate surface area is 85.3 Å². The third kappa shape index (κ3) is 1.81. The average Bonchev–Trinajstić information content (AvgIpc) is 2.23. The summed E-state index contributed by atoms with van der Waals surface area (Å²) in [5.41, 5.74) is 4.04. The van der Waals surface area contributed by atoms with Gasteiger partial charge >= 0.3 is 0 Å². The highest BCUT2D eigenvalue weighted by Gasteiger charge is 2.17. The Morgan fingerprint density at radius 2 is 2.21 bits per heavy atom. The zero-order valence-electron chi connectivity index (χ0n) is 8.84. The quantitative estimate of drug-likeness (QED) is 0.732. The molecule has 1 heterocycles. The molecule has 0 bridgehead atoms. The lowest BCUT2D eigenvalue weighted by Gasteiger charge is -2.25. The van der Waals surface area contributed by atoms with E-state index in [9.17, 15) is 0 Å². The van der Waals surface area contributed by atoms with Gasteiger partial charge in [-0.3, -0.25) is 0 Å². The van der Waals surface area contributed by atoms with Crippen LogP contribution in [0.4, 0.5) is 0 Å². The molecule has 76 valence electrons. The number of aryl methyl sites for hydroxylation is 1. The van der Waals surface area contributed by atoms with E-state index in [1.165, 1.54) is 16.7 Å². The normalized spacial score (nSPS) is 22.3. The highest BCUT2D eigenvalue weighted by Crippen LogP contribution is 2.23. The van der Waals surface area contributed by atoms with Crippen LogP contribution < -0.4 is 5.32 Å². The smallest absolute Gasteiger partial charge is 0.0952 e. The minimum absolute atomic E-state index is 0.239. The van der Waals surface area contributed by atoms with Gasteiger partial charge in [0.2, 0.25) is 0 Å². The molecule has 2 nitrogen and oxygen atoms in total. The molecular formula is C12H17NO. The van der Waals surface area contributed by atoms with Gasteiger partial charge in [-0.1, -0.05) is 18.2 Å². The number of nitrogens with one attached hydrogen (secondary N) is 1. The summed E-state index contributed by atoms with van der Waals surface area (Å²) in [5, 5.41) is 3.35. The monoisotopic (exact) mass is 191 g/mol. The molecule has 0 aromatic heterocycles. The molecule has 0 spiro atoms. The lowest BCUT2D eigenvalue weighted by Crippen LogP contribution is -2.33. The lowest BCUT2D eigenvalue weighted by molar-refractivity contribution is 0.0273. The Balaban J connectivity index is 2.26. The predicted molar refractivity (Wildman–Crippen MR) is 57.5 cm³/mol. The summed E-state index contributed by atoms with van der Waals surface area (Å²) in [5.74, 6) is 0. The second-order valence-electron chi connectivity index (χ2n) is 3.85. The van der Waals surface area contributed by atoms with Crippen LogP contribution in [-0.4, -0.2) is 19.7 Å². The van der Waals surface area contributed by atoms with Crippen molar-refractivity contribution in [2.24, 2.45) is 0 Å². The molecule has 1 aliphatic rings. The molecule has 1 unspecified atom stereocenters. The highest BCUT2D eigenvalue weighted by atomic mass is 16.5. The fraction of sp³-hybridized carbons (Fsp3) is 0.500. The van der Waals surface area contributed by atoms with Gasteiger partial charge in [0.1, 0.15) is 0 Å². The molecule has 0 aliphatic carbocycles. The van der Waals surface area contributed by atoms with Crippen molar-refractivity contribution in [3.05, 3.63) is 34.9 Å². The number of hydrogen-bond acceptors (Lipinski definition) is 2. The van der Waals surface area contributed by atoms with E-state index in [0.717, 1.165) is 19.7 Å². The molecule has 1 atom stereocenters. The van der Waals surface area contributed by atoms with E-state index >= 15 is 0 Å². The fourth-order valence-corrected chi connectivity index (χ4v) is 1.89. The first-order chi connectivity index (χ1) is 6.79. The summed E-state index contributed by atoms with van der Waals surface area (Å²) >= 11 is 0. The van der Waals surface area contributed by atoms with Crippen LogP contribution >= 0.6 is 0 Å². The largest absolute Gasteiger partial charge is 0.371 e. The topological polar surface area (TPSA) is 21.3 Å². The van der Waals surface area contributed by atoms with Gasteiger partial charge in [0.25, 0.3) is 0 Å². The molecule has 1 aromatic carbocycles.